The highest BCUT2D eigenvalue weighted by Crippen LogP contribution is 2.75. The van der Waals surface area contributed by atoms with Gasteiger partial charge in [-0.25, -0.2) is 4.79 Å². The third-order valence-electron chi connectivity index (χ3n) is 15.3. The van der Waals surface area contributed by atoms with E-state index in [0.29, 0.717) is 18.3 Å². The minimum atomic E-state index is -1.78. The Bertz CT molecular complexity index is 1220. The molecule has 0 aromatic carbocycles. The summed E-state index contributed by atoms with van der Waals surface area (Å²) in [6, 6.07) is 0. The number of aliphatic carboxylic acids is 1. The Hall–Kier alpha value is -1.07. The molecule has 9 nitrogen and oxygen atoms in total. The van der Waals surface area contributed by atoms with Gasteiger partial charge in [-0.2, -0.15) is 0 Å². The first-order valence-electron chi connectivity index (χ1n) is 17.4. The SMILES string of the molecule is CC1(C)C[C@@H](O)[C@]2(C)CC[C@]3(C)C(=CC[C@H]4C3(C)CC[C@@H]3[C@]4(C)CC[C@H](O[C@@H]4O[C@H](C(=O)O)[C@@H](O)[C@H](O)[C@H]4O)[C@]3(C)CO)[C@@H]2C1. The summed E-state index contributed by atoms with van der Waals surface area (Å²) >= 11 is 0. The molecule has 5 fully saturated rings. The van der Waals surface area contributed by atoms with Gasteiger partial charge in [0.15, 0.2) is 12.4 Å². The van der Waals surface area contributed by atoms with Gasteiger partial charge in [-0.05, 0) is 97.2 Å². The predicted octanol–water partition coefficient (Wildman–Crippen LogP) is 4.03. The average Bonchev–Trinajstić information content (AvgIpc) is 2.96. The van der Waals surface area contributed by atoms with Gasteiger partial charge in [-0.1, -0.05) is 60.1 Å². The number of rotatable bonds is 4. The standard InChI is InChI=1S/C36H58O9/c1-31(2)16-20-19-8-9-22-33(4)12-11-24(44-30-27(41)25(39)26(40)28(45-30)29(42)43)34(5,18-37)21(33)10-13-36(22,7)35(19,6)15-14-32(20,3)23(38)17-31/h8,20-28,30,37-41H,9-18H2,1-7H3,(H,42,43)/t20-,21+,22+,23+,24-,25-,26-,27+,28-,30+,32+,33-,34+,35+,36?/m0/s1. The fourth-order valence-corrected chi connectivity index (χ4v) is 12.2. The topological polar surface area (TPSA) is 157 Å². The lowest BCUT2D eigenvalue weighted by molar-refractivity contribution is -0.327. The minimum Gasteiger partial charge on any atom is -0.479 e. The molecule has 1 heterocycles. The van der Waals surface area contributed by atoms with Crippen LogP contribution in [0.2, 0.25) is 0 Å². The number of fused-ring (bicyclic) bond motifs is 7. The Labute approximate surface area is 268 Å². The molecule has 5 aliphatic carbocycles. The summed E-state index contributed by atoms with van der Waals surface area (Å²) in [5, 5.41) is 63.3. The van der Waals surface area contributed by atoms with Gasteiger partial charge in [0, 0.05) is 10.8 Å². The van der Waals surface area contributed by atoms with Gasteiger partial charge < -0.3 is 40.1 Å². The molecule has 6 aliphatic rings. The molecule has 0 radical (unpaired) electrons. The number of carboxylic acid groups (broad SMARTS) is 1. The van der Waals surface area contributed by atoms with Gasteiger partial charge in [-0.3, -0.25) is 0 Å². The monoisotopic (exact) mass is 634 g/mol. The molecule has 0 spiro atoms. The van der Waals surface area contributed by atoms with Crippen LogP contribution in [-0.4, -0.2) is 86.1 Å². The van der Waals surface area contributed by atoms with E-state index in [0.717, 1.165) is 51.4 Å². The predicted molar refractivity (Wildman–Crippen MR) is 167 cm³/mol. The number of carbonyl (C=O) groups is 1. The molecule has 1 unspecified atom stereocenters. The van der Waals surface area contributed by atoms with Crippen LogP contribution < -0.4 is 0 Å². The smallest absolute Gasteiger partial charge is 0.335 e. The van der Waals surface area contributed by atoms with Crippen LogP contribution in [0.4, 0.5) is 0 Å². The summed E-state index contributed by atoms with van der Waals surface area (Å²) in [4.78, 5) is 11.7. The third kappa shape index (κ3) is 4.61. The van der Waals surface area contributed by atoms with Crippen LogP contribution in [-0.2, 0) is 14.3 Å². The molecule has 15 atom stereocenters. The van der Waals surface area contributed by atoms with E-state index in [9.17, 15) is 35.4 Å². The Kier molecular flexibility index (Phi) is 8.05. The first-order chi connectivity index (χ1) is 20.8. The van der Waals surface area contributed by atoms with Gasteiger partial charge in [-0.15, -0.1) is 0 Å². The summed E-state index contributed by atoms with van der Waals surface area (Å²) in [7, 11) is 0. The summed E-state index contributed by atoms with van der Waals surface area (Å²) in [6.07, 6.45) is 1.81. The van der Waals surface area contributed by atoms with Gasteiger partial charge in [0.1, 0.15) is 18.3 Å². The zero-order valence-corrected chi connectivity index (χ0v) is 28.3. The molecule has 1 saturated heterocycles. The summed E-state index contributed by atoms with van der Waals surface area (Å²) in [5.41, 5.74) is 0.871. The van der Waals surface area contributed by atoms with Crippen LogP contribution in [0.5, 0.6) is 0 Å². The zero-order chi connectivity index (χ0) is 33.1. The second kappa shape index (κ2) is 10.7. The summed E-state index contributed by atoms with van der Waals surface area (Å²) in [5.74, 6) is -0.570. The van der Waals surface area contributed by atoms with Crippen molar-refractivity contribution in [3.8, 4) is 0 Å². The third-order valence-corrected chi connectivity index (χ3v) is 15.3. The zero-order valence-electron chi connectivity index (χ0n) is 28.3. The van der Waals surface area contributed by atoms with E-state index >= 15 is 0 Å². The number of ether oxygens (including phenoxy) is 2. The molecule has 0 aromatic rings. The number of aliphatic hydroxyl groups excluding tert-OH is 5. The van der Waals surface area contributed by atoms with E-state index in [1.165, 1.54) is 0 Å². The number of hydrogen-bond donors (Lipinski definition) is 6. The van der Waals surface area contributed by atoms with Gasteiger partial charge in [0.2, 0.25) is 0 Å². The van der Waals surface area contributed by atoms with Gasteiger partial charge in [0.05, 0.1) is 18.8 Å². The molecule has 1 aliphatic heterocycles. The average molecular weight is 635 g/mol. The lowest BCUT2D eigenvalue weighted by Crippen LogP contribution is -2.67. The second-order valence-corrected chi connectivity index (χ2v) is 18.0. The first-order valence-corrected chi connectivity index (χ1v) is 17.4. The van der Waals surface area contributed by atoms with Crippen LogP contribution >= 0.6 is 0 Å². The van der Waals surface area contributed by atoms with Crippen LogP contribution in [0.1, 0.15) is 106 Å². The van der Waals surface area contributed by atoms with Crippen LogP contribution in [0, 0.1) is 50.2 Å². The van der Waals surface area contributed by atoms with Gasteiger partial charge >= 0.3 is 5.97 Å². The molecule has 9 heteroatoms. The van der Waals surface area contributed by atoms with Crippen molar-refractivity contribution < 1.29 is 44.9 Å². The first kappa shape index (κ1) is 33.8. The molecule has 0 bridgehead atoms. The maximum Gasteiger partial charge on any atom is 0.335 e. The molecular formula is C36H58O9. The van der Waals surface area contributed by atoms with Crippen molar-refractivity contribution in [2.24, 2.45) is 50.2 Å². The van der Waals surface area contributed by atoms with Crippen molar-refractivity contribution in [2.75, 3.05) is 6.61 Å². The van der Waals surface area contributed by atoms with Crippen molar-refractivity contribution in [1.82, 2.24) is 0 Å². The second-order valence-electron chi connectivity index (χ2n) is 18.0. The number of aliphatic hydroxyl groups is 5. The Morgan fingerprint density at radius 3 is 2.20 bits per heavy atom. The number of allylic oxidation sites excluding steroid dienone is 2. The van der Waals surface area contributed by atoms with Crippen molar-refractivity contribution in [1.29, 1.82) is 0 Å². The normalized spacial score (nSPS) is 55.8. The lowest BCUT2D eigenvalue weighted by Gasteiger charge is -2.72. The van der Waals surface area contributed by atoms with Crippen LogP contribution in [0.3, 0.4) is 0 Å². The van der Waals surface area contributed by atoms with Crippen molar-refractivity contribution in [2.45, 2.75) is 149 Å². The van der Waals surface area contributed by atoms with E-state index in [2.05, 4.69) is 47.6 Å². The van der Waals surface area contributed by atoms with Crippen molar-refractivity contribution >= 4 is 5.97 Å². The molecule has 45 heavy (non-hydrogen) atoms. The summed E-state index contributed by atoms with van der Waals surface area (Å²) in [6.45, 7) is 16.3. The Morgan fingerprint density at radius 2 is 1.56 bits per heavy atom. The van der Waals surface area contributed by atoms with E-state index in [1.807, 2.05) is 6.92 Å². The van der Waals surface area contributed by atoms with E-state index < -0.39 is 48.2 Å². The summed E-state index contributed by atoms with van der Waals surface area (Å²) < 4.78 is 11.8. The number of hydrogen-bond acceptors (Lipinski definition) is 8. The minimum absolute atomic E-state index is 0.0209. The molecule has 6 rings (SSSR count). The largest absolute Gasteiger partial charge is 0.479 e. The molecule has 0 aromatic heterocycles. The van der Waals surface area contributed by atoms with Crippen LogP contribution in [0.25, 0.3) is 0 Å². The molecule has 6 N–H and O–H groups in total. The highest BCUT2D eigenvalue weighted by molar-refractivity contribution is 5.73. The van der Waals surface area contributed by atoms with E-state index in [4.69, 9.17) is 9.47 Å². The van der Waals surface area contributed by atoms with E-state index in [1.54, 1.807) is 5.57 Å². The maximum absolute atomic E-state index is 11.7. The fraction of sp³-hybridized carbons (Fsp3) is 0.917. The maximum atomic E-state index is 11.7. The van der Waals surface area contributed by atoms with Gasteiger partial charge in [0.25, 0.3) is 0 Å². The highest BCUT2D eigenvalue weighted by Gasteiger charge is 2.69. The molecule has 4 saturated carbocycles. The molecule has 0 amide bonds. The quantitative estimate of drug-likeness (QED) is 0.199. The highest BCUT2D eigenvalue weighted by atomic mass is 16.7. The van der Waals surface area contributed by atoms with Crippen LogP contribution in [0.15, 0.2) is 11.6 Å². The van der Waals surface area contributed by atoms with Crippen molar-refractivity contribution in [3.63, 3.8) is 0 Å². The fourth-order valence-electron chi connectivity index (χ4n) is 12.2. The van der Waals surface area contributed by atoms with E-state index in [-0.39, 0.29) is 45.7 Å². The lowest BCUT2D eigenvalue weighted by atomic mass is 9.33. The van der Waals surface area contributed by atoms with Crippen molar-refractivity contribution in [3.05, 3.63) is 11.6 Å². The molecule has 256 valence electrons. The number of carboxylic acids is 1. The Morgan fingerprint density at radius 1 is 0.867 bits per heavy atom. The Balaban J connectivity index is 1.30. The molecular weight excluding hydrogens is 576 g/mol.